The second-order valence-electron chi connectivity index (χ2n) is 7.27. The summed E-state index contributed by atoms with van der Waals surface area (Å²) in [4.78, 5) is 34.6. The van der Waals surface area contributed by atoms with Crippen LogP contribution in [0.25, 0.3) is 11.3 Å². The molecule has 1 aromatic heterocycles. The molecule has 8 heteroatoms. The van der Waals surface area contributed by atoms with E-state index in [1.54, 1.807) is 6.92 Å². The van der Waals surface area contributed by atoms with Gasteiger partial charge in [-0.3, -0.25) is 4.79 Å². The number of aromatic nitrogens is 2. The summed E-state index contributed by atoms with van der Waals surface area (Å²) in [7, 11) is 0. The van der Waals surface area contributed by atoms with Gasteiger partial charge in [0.05, 0.1) is 5.69 Å². The smallest absolute Gasteiger partial charge is 0.327 e. The number of aryl methyl sites for hydroxylation is 1. The molecule has 0 radical (unpaired) electrons. The molecule has 1 aromatic carbocycles. The van der Waals surface area contributed by atoms with Gasteiger partial charge >= 0.3 is 5.97 Å². The minimum absolute atomic E-state index is 0.206. The third-order valence-corrected chi connectivity index (χ3v) is 6.46. The third kappa shape index (κ3) is 2.93. The van der Waals surface area contributed by atoms with Gasteiger partial charge in [0.1, 0.15) is 29.1 Å². The molecule has 0 spiro atoms. The molecule has 140 valence electrons. The molecule has 4 rings (SSSR count). The van der Waals surface area contributed by atoms with Gasteiger partial charge in [0.15, 0.2) is 0 Å². The van der Waals surface area contributed by atoms with Gasteiger partial charge in [0.25, 0.3) is 0 Å². The maximum atomic E-state index is 12.6. The van der Waals surface area contributed by atoms with Crippen molar-refractivity contribution in [2.75, 3.05) is 5.32 Å². The van der Waals surface area contributed by atoms with E-state index in [0.717, 1.165) is 11.3 Å². The van der Waals surface area contributed by atoms with Crippen LogP contribution in [0.3, 0.4) is 0 Å². The Balaban J connectivity index is 1.59. The largest absolute Gasteiger partial charge is 0.480 e. The molecule has 2 N–H and O–H groups in total. The molecule has 2 aliphatic rings. The molecule has 2 saturated heterocycles. The van der Waals surface area contributed by atoms with Crippen molar-refractivity contribution in [1.29, 1.82) is 0 Å². The number of anilines is 1. The van der Waals surface area contributed by atoms with E-state index in [1.807, 2.05) is 50.2 Å². The minimum atomic E-state index is -0.967. The Morgan fingerprint density at radius 3 is 2.63 bits per heavy atom. The average molecular weight is 384 g/mol. The highest BCUT2D eigenvalue weighted by molar-refractivity contribution is 8.01. The summed E-state index contributed by atoms with van der Waals surface area (Å²) in [5.74, 6) is -0.00382. The Labute approximate surface area is 161 Å². The zero-order valence-corrected chi connectivity index (χ0v) is 16.0. The van der Waals surface area contributed by atoms with Crippen molar-refractivity contribution in [3.63, 3.8) is 0 Å². The number of carboxylic acids is 1. The number of carboxylic acid groups (broad SMARTS) is 1. The normalized spacial score (nSPS) is 25.7. The van der Waals surface area contributed by atoms with E-state index in [9.17, 15) is 14.7 Å². The third-order valence-electron chi connectivity index (χ3n) is 4.89. The van der Waals surface area contributed by atoms with Crippen molar-refractivity contribution >= 4 is 29.5 Å². The molecule has 2 fully saturated rings. The number of fused-ring (bicyclic) bond motifs is 1. The molecule has 0 aliphatic carbocycles. The predicted molar refractivity (Wildman–Crippen MR) is 103 cm³/mol. The molecular weight excluding hydrogens is 364 g/mol. The fourth-order valence-corrected chi connectivity index (χ4v) is 5.33. The lowest BCUT2D eigenvalue weighted by atomic mass is 9.96. The molecule has 27 heavy (non-hydrogen) atoms. The monoisotopic (exact) mass is 384 g/mol. The first-order valence-corrected chi connectivity index (χ1v) is 9.56. The molecule has 3 heterocycles. The first-order chi connectivity index (χ1) is 12.8. The highest BCUT2D eigenvalue weighted by atomic mass is 32.2. The Morgan fingerprint density at radius 2 is 1.96 bits per heavy atom. The van der Waals surface area contributed by atoms with E-state index < -0.39 is 22.8 Å². The van der Waals surface area contributed by atoms with Crippen molar-refractivity contribution in [3.05, 3.63) is 42.2 Å². The van der Waals surface area contributed by atoms with Crippen LogP contribution in [0.5, 0.6) is 0 Å². The number of hydrogen-bond donors (Lipinski definition) is 2. The van der Waals surface area contributed by atoms with Crippen molar-refractivity contribution in [2.45, 2.75) is 43.0 Å². The molecule has 7 nitrogen and oxygen atoms in total. The van der Waals surface area contributed by atoms with Crippen LogP contribution in [0.1, 0.15) is 19.7 Å². The maximum absolute atomic E-state index is 12.6. The summed E-state index contributed by atoms with van der Waals surface area (Å²) in [5.41, 5.74) is 1.74. The lowest BCUT2D eigenvalue weighted by Crippen LogP contribution is -2.68. The van der Waals surface area contributed by atoms with Gasteiger partial charge in [0, 0.05) is 16.4 Å². The number of nitrogens with one attached hydrogen (secondary N) is 1. The number of carbonyl (C=O) groups is 2. The van der Waals surface area contributed by atoms with E-state index in [0.29, 0.717) is 11.6 Å². The number of benzene rings is 1. The van der Waals surface area contributed by atoms with Crippen LogP contribution >= 0.6 is 11.8 Å². The zero-order valence-electron chi connectivity index (χ0n) is 15.2. The zero-order chi connectivity index (χ0) is 19.3. The number of thioether (sulfide) groups is 1. The minimum Gasteiger partial charge on any atom is -0.480 e. The van der Waals surface area contributed by atoms with Gasteiger partial charge in [-0.25, -0.2) is 14.8 Å². The topological polar surface area (TPSA) is 95.4 Å². The summed E-state index contributed by atoms with van der Waals surface area (Å²) in [6.07, 6.45) is 0. The quantitative estimate of drug-likeness (QED) is 0.782. The standard InChI is InChI=1S/C19H20N4O3S/c1-10-20-12(11-7-5-4-6-8-11)9-13(21-10)22-14-16(24)23-15(18(25)26)19(2,3)27-17(14)23/h4-9,14-15,17H,1-3H3,(H,25,26)(H,20,21,22)/t14-,15-,17+/m1/s1. The molecule has 0 saturated carbocycles. The molecule has 2 aliphatic heterocycles. The Kier molecular flexibility index (Phi) is 4.10. The lowest BCUT2D eigenvalue weighted by Gasteiger charge is -2.43. The van der Waals surface area contributed by atoms with Crippen molar-refractivity contribution in [3.8, 4) is 11.3 Å². The van der Waals surface area contributed by atoms with Gasteiger partial charge in [-0.2, -0.15) is 0 Å². The van der Waals surface area contributed by atoms with Crippen LogP contribution in [0, 0.1) is 6.92 Å². The molecule has 1 amide bonds. The van der Waals surface area contributed by atoms with Crippen LogP contribution in [0.15, 0.2) is 36.4 Å². The molecule has 0 unspecified atom stereocenters. The number of β-lactam (4-membered cyclic amide) rings is 1. The molecule has 2 aromatic rings. The first-order valence-electron chi connectivity index (χ1n) is 8.68. The summed E-state index contributed by atoms with van der Waals surface area (Å²) in [5, 5.41) is 12.5. The van der Waals surface area contributed by atoms with Gasteiger partial charge in [0.2, 0.25) is 5.91 Å². The molecular formula is C19H20N4O3S. The van der Waals surface area contributed by atoms with Gasteiger partial charge in [-0.05, 0) is 20.8 Å². The maximum Gasteiger partial charge on any atom is 0.327 e. The Morgan fingerprint density at radius 1 is 1.26 bits per heavy atom. The number of hydrogen-bond acceptors (Lipinski definition) is 6. The van der Waals surface area contributed by atoms with Crippen LogP contribution in [0.2, 0.25) is 0 Å². The average Bonchev–Trinajstić information content (AvgIpc) is 2.88. The number of rotatable bonds is 4. The van der Waals surface area contributed by atoms with Crippen LogP contribution < -0.4 is 5.32 Å². The number of carbonyl (C=O) groups excluding carboxylic acids is 1. The predicted octanol–water partition coefficient (Wildman–Crippen LogP) is 2.38. The van der Waals surface area contributed by atoms with Gasteiger partial charge in [-0.1, -0.05) is 30.3 Å². The summed E-state index contributed by atoms with van der Waals surface area (Å²) in [6, 6.07) is 10.3. The van der Waals surface area contributed by atoms with Crippen LogP contribution in [-0.2, 0) is 9.59 Å². The summed E-state index contributed by atoms with van der Waals surface area (Å²) < 4.78 is -0.542. The van der Waals surface area contributed by atoms with E-state index in [4.69, 9.17) is 0 Å². The van der Waals surface area contributed by atoms with E-state index in [1.165, 1.54) is 16.7 Å². The SMILES string of the molecule is Cc1nc(N[C@@H]2C(=O)N3[C@H]2SC(C)(C)[C@H]3C(=O)O)cc(-c2ccccc2)n1. The van der Waals surface area contributed by atoms with Crippen LogP contribution in [0.4, 0.5) is 5.82 Å². The number of nitrogens with zero attached hydrogens (tertiary/aromatic N) is 3. The summed E-state index contributed by atoms with van der Waals surface area (Å²) in [6.45, 7) is 5.53. The second-order valence-corrected chi connectivity index (χ2v) is 9.04. The van der Waals surface area contributed by atoms with Gasteiger partial charge < -0.3 is 15.3 Å². The molecule has 0 bridgehead atoms. The fourth-order valence-electron chi connectivity index (χ4n) is 3.70. The lowest BCUT2D eigenvalue weighted by molar-refractivity contribution is -0.158. The Bertz CT molecular complexity index is 918. The van der Waals surface area contributed by atoms with E-state index in [-0.39, 0.29) is 11.3 Å². The van der Waals surface area contributed by atoms with Crippen LogP contribution in [-0.4, -0.2) is 54.1 Å². The van der Waals surface area contributed by atoms with Crippen molar-refractivity contribution in [2.24, 2.45) is 0 Å². The van der Waals surface area contributed by atoms with Gasteiger partial charge in [-0.15, -0.1) is 11.8 Å². The number of amides is 1. The Hall–Kier alpha value is -2.61. The number of aliphatic carboxylic acids is 1. The van der Waals surface area contributed by atoms with E-state index >= 15 is 0 Å². The van der Waals surface area contributed by atoms with E-state index in [2.05, 4.69) is 15.3 Å². The first kappa shape index (κ1) is 17.8. The van der Waals surface area contributed by atoms with Crippen molar-refractivity contribution in [1.82, 2.24) is 14.9 Å². The highest BCUT2D eigenvalue weighted by Gasteiger charge is 2.63. The summed E-state index contributed by atoms with van der Waals surface area (Å²) >= 11 is 1.51. The highest BCUT2D eigenvalue weighted by Crippen LogP contribution is 2.51. The molecule has 3 atom stereocenters. The second kappa shape index (κ2) is 6.23. The fraction of sp³-hybridized carbons (Fsp3) is 0.368. The van der Waals surface area contributed by atoms with Crippen molar-refractivity contribution < 1.29 is 14.7 Å².